The Morgan fingerprint density at radius 2 is 1.72 bits per heavy atom. The van der Waals surface area contributed by atoms with E-state index in [2.05, 4.69) is 15.9 Å². The number of rotatable bonds is 4. The fourth-order valence-electron chi connectivity index (χ4n) is 1.63. The van der Waals surface area contributed by atoms with Gasteiger partial charge in [-0.15, -0.1) is 0 Å². The van der Waals surface area contributed by atoms with Crippen molar-refractivity contribution < 1.29 is 19.0 Å². The van der Waals surface area contributed by atoms with Gasteiger partial charge in [-0.1, -0.05) is 0 Å². The number of halogens is 1. The molecule has 4 nitrogen and oxygen atoms in total. The summed E-state index contributed by atoms with van der Waals surface area (Å²) in [6.45, 7) is 0. The molecule has 5 heteroatoms. The maximum absolute atomic E-state index is 10.2. The summed E-state index contributed by atoms with van der Waals surface area (Å²) in [6, 6.07) is 8.66. The lowest BCUT2D eigenvalue weighted by molar-refractivity contribution is 0.187. The molecule has 1 aromatic carbocycles. The number of benzene rings is 1. The Morgan fingerprint density at radius 1 is 1.11 bits per heavy atom. The summed E-state index contributed by atoms with van der Waals surface area (Å²) >= 11 is 3.20. The van der Waals surface area contributed by atoms with Gasteiger partial charge in [0.25, 0.3) is 0 Å². The van der Waals surface area contributed by atoms with Crippen molar-refractivity contribution in [2.75, 3.05) is 14.2 Å². The van der Waals surface area contributed by atoms with Gasteiger partial charge in [0.05, 0.1) is 14.2 Å². The molecule has 1 N–H and O–H groups in total. The first kappa shape index (κ1) is 13.0. The lowest BCUT2D eigenvalue weighted by Gasteiger charge is -2.12. The van der Waals surface area contributed by atoms with E-state index in [9.17, 15) is 5.11 Å². The van der Waals surface area contributed by atoms with Crippen molar-refractivity contribution in [1.82, 2.24) is 0 Å². The van der Waals surface area contributed by atoms with Gasteiger partial charge < -0.3 is 19.0 Å². The zero-order chi connectivity index (χ0) is 13.1. The van der Waals surface area contributed by atoms with Gasteiger partial charge >= 0.3 is 0 Å². The maximum atomic E-state index is 10.2. The Balaban J connectivity index is 2.37. The number of hydrogen-bond acceptors (Lipinski definition) is 4. The molecule has 0 amide bonds. The van der Waals surface area contributed by atoms with Crippen LogP contribution in [0.3, 0.4) is 0 Å². The maximum Gasteiger partial charge on any atom is 0.169 e. The first-order valence-electron chi connectivity index (χ1n) is 5.30. The molecule has 0 aliphatic heterocycles. The molecule has 0 saturated heterocycles. The van der Waals surface area contributed by atoms with Crippen molar-refractivity contribution >= 4 is 15.9 Å². The fourth-order valence-corrected chi connectivity index (χ4v) is 1.95. The van der Waals surface area contributed by atoms with Crippen molar-refractivity contribution in [1.29, 1.82) is 0 Å². The van der Waals surface area contributed by atoms with Gasteiger partial charge in [-0.2, -0.15) is 0 Å². The van der Waals surface area contributed by atoms with Gasteiger partial charge in [-0.05, 0) is 45.8 Å². The normalized spacial score (nSPS) is 12.2. The van der Waals surface area contributed by atoms with E-state index in [1.807, 2.05) is 0 Å². The van der Waals surface area contributed by atoms with Crippen LogP contribution in [0.2, 0.25) is 0 Å². The third-order valence-corrected chi connectivity index (χ3v) is 2.98. The summed E-state index contributed by atoms with van der Waals surface area (Å²) in [5.41, 5.74) is 0.646. The topological polar surface area (TPSA) is 51.8 Å². The third-order valence-electron chi connectivity index (χ3n) is 2.55. The molecule has 0 aliphatic carbocycles. The molecule has 18 heavy (non-hydrogen) atoms. The molecular formula is C13H13BrO4. The van der Waals surface area contributed by atoms with Gasteiger partial charge in [0.2, 0.25) is 0 Å². The summed E-state index contributed by atoms with van der Waals surface area (Å²) in [6.07, 6.45) is -0.861. The highest BCUT2D eigenvalue weighted by Gasteiger charge is 2.16. The molecule has 2 aromatic rings. The number of furan rings is 1. The van der Waals surface area contributed by atoms with Crippen LogP contribution < -0.4 is 9.47 Å². The van der Waals surface area contributed by atoms with Crippen LogP contribution in [0.15, 0.2) is 39.4 Å². The molecule has 96 valence electrons. The minimum absolute atomic E-state index is 0.456. The zero-order valence-electron chi connectivity index (χ0n) is 10.0. The number of aliphatic hydroxyl groups is 1. The predicted molar refractivity (Wildman–Crippen MR) is 70.0 cm³/mol. The van der Waals surface area contributed by atoms with Gasteiger partial charge in [-0.25, -0.2) is 0 Å². The van der Waals surface area contributed by atoms with Gasteiger partial charge in [0, 0.05) is 6.07 Å². The van der Waals surface area contributed by atoms with Crippen LogP contribution in [0.25, 0.3) is 0 Å². The first-order chi connectivity index (χ1) is 8.63. The second-order valence-electron chi connectivity index (χ2n) is 3.69. The quantitative estimate of drug-likeness (QED) is 0.942. The average Bonchev–Trinajstić information content (AvgIpc) is 2.83. The molecule has 0 radical (unpaired) electrons. The van der Waals surface area contributed by atoms with E-state index in [1.165, 1.54) is 0 Å². The highest BCUT2D eigenvalue weighted by molar-refractivity contribution is 9.10. The first-order valence-corrected chi connectivity index (χ1v) is 6.09. The van der Waals surface area contributed by atoms with Crippen LogP contribution in [0.4, 0.5) is 0 Å². The molecule has 0 spiro atoms. The van der Waals surface area contributed by atoms with E-state index in [0.717, 1.165) is 0 Å². The van der Waals surface area contributed by atoms with E-state index >= 15 is 0 Å². The average molecular weight is 313 g/mol. The van der Waals surface area contributed by atoms with Crippen molar-refractivity contribution in [3.05, 3.63) is 46.3 Å². The standard InChI is InChI=1S/C13H13BrO4/c1-16-9-5-8(6-10(7-9)17-2)13(15)11-3-4-12(14)18-11/h3-7,13,15H,1-2H3. The van der Waals surface area contributed by atoms with Crippen molar-refractivity contribution in [2.24, 2.45) is 0 Å². The number of methoxy groups -OCH3 is 2. The molecule has 2 rings (SSSR count). The summed E-state index contributed by atoms with van der Waals surface area (Å²) in [5.74, 6) is 1.69. The molecule has 1 unspecified atom stereocenters. The smallest absolute Gasteiger partial charge is 0.169 e. The molecule has 0 aliphatic rings. The second-order valence-corrected chi connectivity index (χ2v) is 4.47. The highest BCUT2D eigenvalue weighted by Crippen LogP contribution is 2.31. The molecule has 0 bridgehead atoms. The Hall–Kier alpha value is -1.46. The lowest BCUT2D eigenvalue weighted by atomic mass is 10.1. The molecule has 1 heterocycles. The van der Waals surface area contributed by atoms with Crippen LogP contribution in [0.5, 0.6) is 11.5 Å². The Kier molecular flexibility index (Phi) is 3.93. The highest BCUT2D eigenvalue weighted by atomic mass is 79.9. The van der Waals surface area contributed by atoms with Crippen molar-refractivity contribution in [2.45, 2.75) is 6.10 Å². The number of hydrogen-bond donors (Lipinski definition) is 1. The number of aliphatic hydroxyl groups excluding tert-OH is 1. The van der Waals surface area contributed by atoms with Crippen LogP contribution >= 0.6 is 15.9 Å². The van der Waals surface area contributed by atoms with Crippen LogP contribution in [-0.4, -0.2) is 19.3 Å². The van der Waals surface area contributed by atoms with E-state index in [1.54, 1.807) is 44.6 Å². The van der Waals surface area contributed by atoms with E-state index in [-0.39, 0.29) is 0 Å². The van der Waals surface area contributed by atoms with Crippen molar-refractivity contribution in [3.8, 4) is 11.5 Å². The van der Waals surface area contributed by atoms with Gasteiger partial charge in [-0.3, -0.25) is 0 Å². The molecule has 0 saturated carbocycles. The van der Waals surface area contributed by atoms with Crippen LogP contribution in [-0.2, 0) is 0 Å². The van der Waals surface area contributed by atoms with E-state index in [0.29, 0.717) is 27.5 Å². The monoisotopic (exact) mass is 312 g/mol. The Morgan fingerprint density at radius 3 is 2.17 bits per heavy atom. The van der Waals surface area contributed by atoms with Gasteiger partial charge in [0.1, 0.15) is 23.4 Å². The van der Waals surface area contributed by atoms with E-state index < -0.39 is 6.10 Å². The second kappa shape index (κ2) is 5.46. The largest absolute Gasteiger partial charge is 0.497 e. The molecule has 1 atom stereocenters. The van der Waals surface area contributed by atoms with Crippen LogP contribution in [0.1, 0.15) is 17.4 Å². The zero-order valence-corrected chi connectivity index (χ0v) is 11.6. The van der Waals surface area contributed by atoms with Crippen molar-refractivity contribution in [3.63, 3.8) is 0 Å². The predicted octanol–water partition coefficient (Wildman–Crippen LogP) is 3.14. The summed E-state index contributed by atoms with van der Waals surface area (Å²) in [5, 5.41) is 10.2. The summed E-state index contributed by atoms with van der Waals surface area (Å²) < 4.78 is 16.2. The fraction of sp³-hybridized carbons (Fsp3) is 0.231. The van der Waals surface area contributed by atoms with E-state index in [4.69, 9.17) is 13.9 Å². The van der Waals surface area contributed by atoms with Crippen LogP contribution in [0, 0.1) is 0 Å². The Labute approximate surface area is 113 Å². The minimum atomic E-state index is -0.861. The van der Waals surface area contributed by atoms with Gasteiger partial charge in [0.15, 0.2) is 4.67 Å². The molecule has 1 aromatic heterocycles. The summed E-state index contributed by atoms with van der Waals surface area (Å²) in [7, 11) is 3.13. The Bertz CT molecular complexity index is 513. The molecular weight excluding hydrogens is 300 g/mol. The SMILES string of the molecule is COc1cc(OC)cc(C(O)c2ccc(Br)o2)c1. The minimum Gasteiger partial charge on any atom is -0.497 e. The number of ether oxygens (including phenoxy) is 2. The molecule has 0 fully saturated rings. The lowest BCUT2D eigenvalue weighted by Crippen LogP contribution is -1.99. The summed E-state index contributed by atoms with van der Waals surface area (Å²) in [4.78, 5) is 0. The third kappa shape index (κ3) is 2.68.